The van der Waals surface area contributed by atoms with Crippen LogP contribution in [0.2, 0.25) is 0 Å². The SMILES string of the molecule is COCCCc1nc2cc(C)c(C)cc2n1CCC(=O)O. The Morgan fingerprint density at radius 1 is 1.33 bits per heavy atom. The zero-order valence-electron chi connectivity index (χ0n) is 12.8. The summed E-state index contributed by atoms with van der Waals surface area (Å²) in [5, 5.41) is 8.93. The smallest absolute Gasteiger partial charge is 0.305 e. The van der Waals surface area contributed by atoms with E-state index in [-0.39, 0.29) is 6.42 Å². The van der Waals surface area contributed by atoms with Gasteiger partial charge in [-0.3, -0.25) is 4.79 Å². The summed E-state index contributed by atoms with van der Waals surface area (Å²) in [4.78, 5) is 15.5. The average Bonchev–Trinajstić information content (AvgIpc) is 2.74. The Morgan fingerprint density at radius 3 is 2.71 bits per heavy atom. The van der Waals surface area contributed by atoms with Crippen molar-refractivity contribution in [2.75, 3.05) is 13.7 Å². The van der Waals surface area contributed by atoms with Gasteiger partial charge in [0.25, 0.3) is 0 Å². The second-order valence-corrected chi connectivity index (χ2v) is 5.34. The molecule has 0 aliphatic heterocycles. The molecule has 5 nitrogen and oxygen atoms in total. The van der Waals surface area contributed by atoms with E-state index in [9.17, 15) is 4.79 Å². The van der Waals surface area contributed by atoms with Crippen molar-refractivity contribution in [2.45, 2.75) is 39.7 Å². The summed E-state index contributed by atoms with van der Waals surface area (Å²) < 4.78 is 7.12. The van der Waals surface area contributed by atoms with Gasteiger partial charge >= 0.3 is 5.97 Å². The van der Waals surface area contributed by atoms with E-state index in [2.05, 4.69) is 31.0 Å². The minimum atomic E-state index is -0.788. The lowest BCUT2D eigenvalue weighted by Gasteiger charge is -2.08. The molecule has 2 rings (SSSR count). The van der Waals surface area contributed by atoms with Crippen LogP contribution in [0.1, 0.15) is 29.8 Å². The number of hydrogen-bond donors (Lipinski definition) is 1. The van der Waals surface area contributed by atoms with Crippen LogP contribution < -0.4 is 0 Å². The first-order chi connectivity index (χ1) is 10.0. The number of carboxylic acids is 1. The van der Waals surface area contributed by atoms with Crippen molar-refractivity contribution in [2.24, 2.45) is 0 Å². The molecule has 21 heavy (non-hydrogen) atoms. The van der Waals surface area contributed by atoms with Gasteiger partial charge in [-0.05, 0) is 43.5 Å². The largest absolute Gasteiger partial charge is 0.481 e. The summed E-state index contributed by atoms with van der Waals surface area (Å²) in [7, 11) is 1.68. The van der Waals surface area contributed by atoms with E-state index in [0.29, 0.717) is 13.2 Å². The summed E-state index contributed by atoms with van der Waals surface area (Å²) in [5.74, 6) is 0.150. The summed E-state index contributed by atoms with van der Waals surface area (Å²) in [6, 6.07) is 4.17. The fourth-order valence-corrected chi connectivity index (χ4v) is 2.45. The summed E-state index contributed by atoms with van der Waals surface area (Å²) >= 11 is 0. The van der Waals surface area contributed by atoms with Crippen LogP contribution in [0.15, 0.2) is 12.1 Å². The van der Waals surface area contributed by atoms with Gasteiger partial charge in [0.15, 0.2) is 0 Å². The van der Waals surface area contributed by atoms with Gasteiger partial charge in [0, 0.05) is 26.7 Å². The number of benzene rings is 1. The normalized spacial score (nSPS) is 11.2. The number of hydrogen-bond acceptors (Lipinski definition) is 3. The highest BCUT2D eigenvalue weighted by atomic mass is 16.5. The van der Waals surface area contributed by atoms with Crippen molar-refractivity contribution >= 4 is 17.0 Å². The second kappa shape index (κ2) is 6.72. The van der Waals surface area contributed by atoms with Gasteiger partial charge in [0.2, 0.25) is 0 Å². The molecule has 0 radical (unpaired) electrons. The molecule has 1 N–H and O–H groups in total. The van der Waals surface area contributed by atoms with Gasteiger partial charge in [0.05, 0.1) is 17.5 Å². The van der Waals surface area contributed by atoms with Crippen molar-refractivity contribution < 1.29 is 14.6 Å². The molecule has 0 saturated carbocycles. The number of aromatic nitrogens is 2. The molecule has 1 aromatic carbocycles. The Balaban J connectivity index is 2.39. The Labute approximate surface area is 124 Å². The Kier molecular flexibility index (Phi) is 4.96. The maximum Gasteiger partial charge on any atom is 0.305 e. The molecule has 114 valence electrons. The van der Waals surface area contributed by atoms with Crippen molar-refractivity contribution in [3.63, 3.8) is 0 Å². The zero-order valence-corrected chi connectivity index (χ0v) is 12.8. The zero-order chi connectivity index (χ0) is 15.4. The molecule has 0 spiro atoms. The number of ether oxygens (including phenoxy) is 1. The molecule has 1 aromatic heterocycles. The number of rotatable bonds is 7. The van der Waals surface area contributed by atoms with Crippen LogP contribution in [0.3, 0.4) is 0 Å². The van der Waals surface area contributed by atoms with E-state index in [1.807, 2.05) is 4.57 Å². The monoisotopic (exact) mass is 290 g/mol. The molecule has 0 aliphatic rings. The minimum absolute atomic E-state index is 0.107. The van der Waals surface area contributed by atoms with Crippen LogP contribution in [-0.2, 0) is 22.5 Å². The molecule has 0 fully saturated rings. The first kappa shape index (κ1) is 15.5. The van der Waals surface area contributed by atoms with Crippen molar-refractivity contribution in [1.82, 2.24) is 9.55 Å². The molecule has 0 unspecified atom stereocenters. The van der Waals surface area contributed by atoms with Gasteiger partial charge in [0.1, 0.15) is 5.82 Å². The first-order valence-corrected chi connectivity index (χ1v) is 7.20. The third-order valence-electron chi connectivity index (χ3n) is 3.74. The minimum Gasteiger partial charge on any atom is -0.481 e. The van der Waals surface area contributed by atoms with E-state index in [1.165, 1.54) is 11.1 Å². The topological polar surface area (TPSA) is 64.4 Å². The van der Waals surface area contributed by atoms with E-state index in [4.69, 9.17) is 9.84 Å². The fraction of sp³-hybridized carbons (Fsp3) is 0.500. The lowest BCUT2D eigenvalue weighted by Crippen LogP contribution is -2.09. The maximum atomic E-state index is 10.9. The molecule has 1 heterocycles. The van der Waals surface area contributed by atoms with Gasteiger partial charge < -0.3 is 14.4 Å². The predicted octanol–water partition coefficient (Wildman–Crippen LogP) is 2.71. The van der Waals surface area contributed by atoms with Crippen LogP contribution in [0.5, 0.6) is 0 Å². The number of fused-ring (bicyclic) bond motifs is 1. The maximum absolute atomic E-state index is 10.9. The number of carbonyl (C=O) groups is 1. The highest BCUT2D eigenvalue weighted by Gasteiger charge is 2.13. The number of nitrogens with zero attached hydrogens (tertiary/aromatic N) is 2. The number of carboxylic acid groups (broad SMARTS) is 1. The number of methoxy groups -OCH3 is 1. The van der Waals surface area contributed by atoms with E-state index >= 15 is 0 Å². The number of imidazole rings is 1. The average molecular weight is 290 g/mol. The van der Waals surface area contributed by atoms with Gasteiger partial charge in [-0.15, -0.1) is 0 Å². The third kappa shape index (κ3) is 3.61. The van der Waals surface area contributed by atoms with Gasteiger partial charge in [-0.25, -0.2) is 4.98 Å². The number of aryl methyl sites for hydroxylation is 4. The van der Waals surface area contributed by atoms with Crippen LogP contribution in [0, 0.1) is 13.8 Å². The molecule has 0 amide bonds. The Morgan fingerprint density at radius 2 is 2.05 bits per heavy atom. The van der Waals surface area contributed by atoms with E-state index in [0.717, 1.165) is 29.7 Å². The molecule has 0 saturated heterocycles. The van der Waals surface area contributed by atoms with E-state index in [1.54, 1.807) is 7.11 Å². The van der Waals surface area contributed by atoms with Crippen molar-refractivity contribution in [3.8, 4) is 0 Å². The predicted molar refractivity (Wildman–Crippen MR) is 81.7 cm³/mol. The lowest BCUT2D eigenvalue weighted by molar-refractivity contribution is -0.137. The fourth-order valence-electron chi connectivity index (χ4n) is 2.45. The van der Waals surface area contributed by atoms with Crippen molar-refractivity contribution in [1.29, 1.82) is 0 Å². The highest BCUT2D eigenvalue weighted by molar-refractivity contribution is 5.78. The third-order valence-corrected chi connectivity index (χ3v) is 3.74. The molecule has 0 atom stereocenters. The second-order valence-electron chi connectivity index (χ2n) is 5.34. The van der Waals surface area contributed by atoms with Crippen molar-refractivity contribution in [3.05, 3.63) is 29.1 Å². The molecular formula is C16H22N2O3. The molecule has 2 aromatic rings. The molecule has 5 heteroatoms. The van der Waals surface area contributed by atoms with Gasteiger partial charge in [-0.2, -0.15) is 0 Å². The molecule has 0 bridgehead atoms. The lowest BCUT2D eigenvalue weighted by atomic mass is 10.1. The summed E-state index contributed by atoms with van der Waals surface area (Å²) in [5.41, 5.74) is 4.36. The van der Waals surface area contributed by atoms with Gasteiger partial charge in [-0.1, -0.05) is 0 Å². The Hall–Kier alpha value is -1.88. The first-order valence-electron chi connectivity index (χ1n) is 7.20. The van der Waals surface area contributed by atoms with Crippen LogP contribution in [-0.4, -0.2) is 34.3 Å². The Bertz CT molecular complexity index is 646. The quantitative estimate of drug-likeness (QED) is 0.796. The summed E-state index contributed by atoms with van der Waals surface area (Å²) in [6.07, 6.45) is 1.78. The summed E-state index contributed by atoms with van der Waals surface area (Å²) in [6.45, 7) is 5.26. The van der Waals surface area contributed by atoms with Crippen LogP contribution in [0.25, 0.3) is 11.0 Å². The van der Waals surface area contributed by atoms with E-state index < -0.39 is 5.97 Å². The molecule has 0 aliphatic carbocycles. The highest BCUT2D eigenvalue weighted by Crippen LogP contribution is 2.22. The van der Waals surface area contributed by atoms with Crippen LogP contribution in [0.4, 0.5) is 0 Å². The van der Waals surface area contributed by atoms with Crippen LogP contribution >= 0.6 is 0 Å². The molecular weight excluding hydrogens is 268 g/mol. The number of aliphatic carboxylic acids is 1. The standard InChI is InChI=1S/C16H22N2O3/c1-11-9-13-14(10-12(11)2)18(7-6-16(19)20)15(17-13)5-4-8-21-3/h9-10H,4-8H2,1-3H3,(H,19,20).